The third-order valence-corrected chi connectivity index (χ3v) is 3.06. The molecule has 22 heavy (non-hydrogen) atoms. The number of esters is 2. The molecule has 4 nitrogen and oxygen atoms in total. The van der Waals surface area contributed by atoms with Crippen LogP contribution in [0.25, 0.3) is 0 Å². The van der Waals surface area contributed by atoms with Gasteiger partial charge in [-0.2, -0.15) is 0 Å². The number of allylic oxidation sites excluding steroid dienone is 2. The predicted molar refractivity (Wildman–Crippen MR) is 88.5 cm³/mol. The minimum Gasteiger partial charge on any atom is -0.463 e. The summed E-state index contributed by atoms with van der Waals surface area (Å²) in [5.41, 5.74) is 0. The number of hydrogen-bond donors (Lipinski definition) is 0. The Balaban J connectivity index is 3.63. The van der Waals surface area contributed by atoms with E-state index in [-0.39, 0.29) is 11.9 Å². The van der Waals surface area contributed by atoms with Crippen LogP contribution >= 0.6 is 0 Å². The van der Waals surface area contributed by atoms with Crippen molar-refractivity contribution in [2.45, 2.75) is 65.2 Å². The van der Waals surface area contributed by atoms with Crippen molar-refractivity contribution in [1.82, 2.24) is 0 Å². The first-order valence-corrected chi connectivity index (χ1v) is 8.39. The van der Waals surface area contributed by atoms with Gasteiger partial charge in [-0.3, -0.25) is 0 Å². The van der Waals surface area contributed by atoms with Gasteiger partial charge in [-0.15, -0.1) is 0 Å². The average molecular weight is 310 g/mol. The van der Waals surface area contributed by atoms with Crippen LogP contribution in [-0.2, 0) is 19.1 Å². The quantitative estimate of drug-likeness (QED) is 0.220. The highest BCUT2D eigenvalue weighted by Gasteiger charge is 1.97. The Morgan fingerprint density at radius 2 is 1.09 bits per heavy atom. The van der Waals surface area contributed by atoms with E-state index >= 15 is 0 Å². The lowest BCUT2D eigenvalue weighted by atomic mass is 10.2. The summed E-state index contributed by atoms with van der Waals surface area (Å²) in [6, 6.07) is 0. The summed E-state index contributed by atoms with van der Waals surface area (Å²) in [4.78, 5) is 22.7. The van der Waals surface area contributed by atoms with Gasteiger partial charge in [-0.05, 0) is 12.8 Å². The Morgan fingerprint density at radius 3 is 1.45 bits per heavy atom. The maximum absolute atomic E-state index is 11.3. The van der Waals surface area contributed by atoms with E-state index in [1.807, 2.05) is 0 Å². The highest BCUT2D eigenvalue weighted by Crippen LogP contribution is 2.00. The van der Waals surface area contributed by atoms with Gasteiger partial charge in [0.2, 0.25) is 0 Å². The zero-order chi connectivity index (χ0) is 16.5. The second-order valence-corrected chi connectivity index (χ2v) is 5.17. The first-order valence-electron chi connectivity index (χ1n) is 8.39. The van der Waals surface area contributed by atoms with E-state index in [0.717, 1.165) is 51.4 Å². The molecule has 0 amide bonds. The molecule has 0 bridgehead atoms. The maximum Gasteiger partial charge on any atom is 0.330 e. The van der Waals surface area contributed by atoms with Gasteiger partial charge in [0.05, 0.1) is 13.2 Å². The molecule has 0 aromatic rings. The zero-order valence-electron chi connectivity index (χ0n) is 14.0. The molecule has 0 atom stereocenters. The third kappa shape index (κ3) is 14.8. The van der Waals surface area contributed by atoms with Gasteiger partial charge in [-0.25, -0.2) is 9.59 Å². The Kier molecular flexibility index (Phi) is 14.7. The van der Waals surface area contributed by atoms with Crippen molar-refractivity contribution in [2.75, 3.05) is 13.2 Å². The van der Waals surface area contributed by atoms with Gasteiger partial charge in [0.15, 0.2) is 0 Å². The normalized spacial score (nSPS) is 11.2. The Hall–Kier alpha value is -1.58. The van der Waals surface area contributed by atoms with Crippen molar-refractivity contribution >= 4 is 11.9 Å². The summed E-state index contributed by atoms with van der Waals surface area (Å²) >= 11 is 0. The van der Waals surface area contributed by atoms with Crippen LogP contribution in [0.1, 0.15) is 65.2 Å². The van der Waals surface area contributed by atoms with Crippen molar-refractivity contribution in [3.8, 4) is 0 Å². The van der Waals surface area contributed by atoms with E-state index < -0.39 is 0 Å². The molecule has 0 fully saturated rings. The zero-order valence-corrected chi connectivity index (χ0v) is 14.0. The molecule has 0 aliphatic heterocycles. The number of ether oxygens (including phenoxy) is 2. The monoisotopic (exact) mass is 310 g/mol. The molecule has 0 aliphatic carbocycles. The van der Waals surface area contributed by atoms with Crippen LogP contribution in [0.2, 0.25) is 0 Å². The summed E-state index contributed by atoms with van der Waals surface area (Å²) in [5.74, 6) is -0.761. The van der Waals surface area contributed by atoms with Crippen molar-refractivity contribution in [1.29, 1.82) is 0 Å². The standard InChI is InChI=1S/C18H30O4/c1-3-5-7-11-15-21-17(19)13-9-10-14-18(20)22-16-12-8-6-4-2/h9-10,13-14H,3-8,11-12,15-16H2,1-2H3/b13-9+,14-10+. The van der Waals surface area contributed by atoms with Crippen molar-refractivity contribution < 1.29 is 19.1 Å². The summed E-state index contributed by atoms with van der Waals surface area (Å²) < 4.78 is 10.0. The first-order chi connectivity index (χ1) is 10.7. The molecular formula is C18H30O4. The Morgan fingerprint density at radius 1 is 0.682 bits per heavy atom. The number of carbonyl (C=O) groups is 2. The summed E-state index contributed by atoms with van der Waals surface area (Å²) in [6.45, 7) is 5.17. The van der Waals surface area contributed by atoms with Crippen LogP contribution in [0.15, 0.2) is 24.3 Å². The highest BCUT2D eigenvalue weighted by molar-refractivity contribution is 5.84. The lowest BCUT2D eigenvalue weighted by Gasteiger charge is -2.01. The van der Waals surface area contributed by atoms with Crippen LogP contribution in [0, 0.1) is 0 Å². The fourth-order valence-corrected chi connectivity index (χ4v) is 1.77. The minimum atomic E-state index is -0.380. The first kappa shape index (κ1) is 20.4. The molecule has 0 spiro atoms. The molecule has 0 saturated carbocycles. The van der Waals surface area contributed by atoms with Crippen LogP contribution in [0.3, 0.4) is 0 Å². The molecule has 0 radical (unpaired) electrons. The predicted octanol–water partition coefficient (Wildman–Crippen LogP) is 4.35. The van der Waals surface area contributed by atoms with E-state index in [0.29, 0.717) is 13.2 Å². The maximum atomic E-state index is 11.3. The van der Waals surface area contributed by atoms with E-state index in [1.165, 1.54) is 24.3 Å². The highest BCUT2D eigenvalue weighted by atomic mass is 16.5. The smallest absolute Gasteiger partial charge is 0.330 e. The lowest BCUT2D eigenvalue weighted by Crippen LogP contribution is -2.02. The molecule has 0 unspecified atom stereocenters. The van der Waals surface area contributed by atoms with Crippen LogP contribution in [0.4, 0.5) is 0 Å². The van der Waals surface area contributed by atoms with Crippen molar-refractivity contribution in [3.05, 3.63) is 24.3 Å². The van der Waals surface area contributed by atoms with Crippen LogP contribution < -0.4 is 0 Å². The molecule has 0 aromatic carbocycles. The number of hydrogen-bond acceptors (Lipinski definition) is 4. The number of unbranched alkanes of at least 4 members (excludes halogenated alkanes) is 6. The van der Waals surface area contributed by atoms with Gasteiger partial charge in [0.1, 0.15) is 0 Å². The van der Waals surface area contributed by atoms with Crippen molar-refractivity contribution in [2.24, 2.45) is 0 Å². The minimum absolute atomic E-state index is 0.380. The topological polar surface area (TPSA) is 52.6 Å². The molecule has 0 saturated heterocycles. The molecule has 4 heteroatoms. The second kappa shape index (κ2) is 15.8. The van der Waals surface area contributed by atoms with Crippen LogP contribution in [0.5, 0.6) is 0 Å². The largest absolute Gasteiger partial charge is 0.463 e. The van der Waals surface area contributed by atoms with E-state index in [1.54, 1.807) is 0 Å². The lowest BCUT2D eigenvalue weighted by molar-refractivity contribution is -0.138. The third-order valence-electron chi connectivity index (χ3n) is 3.06. The molecular weight excluding hydrogens is 280 g/mol. The Bertz CT molecular complexity index is 311. The van der Waals surface area contributed by atoms with E-state index in [9.17, 15) is 9.59 Å². The van der Waals surface area contributed by atoms with Gasteiger partial charge < -0.3 is 9.47 Å². The van der Waals surface area contributed by atoms with Gasteiger partial charge >= 0.3 is 11.9 Å². The molecule has 0 rings (SSSR count). The number of carbonyl (C=O) groups excluding carboxylic acids is 2. The molecule has 0 N–H and O–H groups in total. The average Bonchev–Trinajstić information content (AvgIpc) is 2.51. The SMILES string of the molecule is CCCCCCOC(=O)/C=C/C=C/C(=O)OCCCCCC. The molecule has 0 aliphatic rings. The Labute approximate surface area is 134 Å². The van der Waals surface area contributed by atoms with Gasteiger partial charge in [-0.1, -0.05) is 64.5 Å². The summed E-state index contributed by atoms with van der Waals surface area (Å²) in [5, 5.41) is 0. The number of rotatable bonds is 13. The fraction of sp³-hybridized carbons (Fsp3) is 0.667. The van der Waals surface area contributed by atoms with Gasteiger partial charge in [0, 0.05) is 12.2 Å². The molecule has 126 valence electrons. The molecule has 0 heterocycles. The molecule has 0 aromatic heterocycles. The summed E-state index contributed by atoms with van der Waals surface area (Å²) in [7, 11) is 0. The van der Waals surface area contributed by atoms with E-state index in [2.05, 4.69) is 13.8 Å². The van der Waals surface area contributed by atoms with Crippen LogP contribution in [-0.4, -0.2) is 25.2 Å². The fourth-order valence-electron chi connectivity index (χ4n) is 1.77. The summed E-state index contributed by atoms with van der Waals surface area (Å²) in [6.07, 6.45) is 14.2. The van der Waals surface area contributed by atoms with E-state index in [4.69, 9.17) is 9.47 Å². The van der Waals surface area contributed by atoms with Crippen molar-refractivity contribution in [3.63, 3.8) is 0 Å². The second-order valence-electron chi connectivity index (χ2n) is 5.17. The van der Waals surface area contributed by atoms with Gasteiger partial charge in [0.25, 0.3) is 0 Å².